The average molecular weight is 220 g/mol. The van der Waals surface area contributed by atoms with Crippen LogP contribution in [0.2, 0.25) is 0 Å². The minimum atomic E-state index is -2.99. The lowest BCUT2D eigenvalue weighted by molar-refractivity contribution is 0.424. The summed E-state index contributed by atoms with van der Waals surface area (Å²) < 4.78 is 24.8. The molecule has 0 radical (unpaired) electrons. The van der Waals surface area contributed by atoms with Gasteiger partial charge in [0.1, 0.15) is 0 Å². The van der Waals surface area contributed by atoms with E-state index >= 15 is 0 Å². The lowest BCUT2D eigenvalue weighted by Gasteiger charge is -2.14. The number of hydrogen-bond donors (Lipinski definition) is 1. The van der Waals surface area contributed by atoms with Crippen molar-refractivity contribution < 1.29 is 8.42 Å². The van der Waals surface area contributed by atoms with E-state index in [1.807, 2.05) is 0 Å². The fourth-order valence-electron chi connectivity index (χ4n) is 1.99. The molecule has 5 heteroatoms. The topological polar surface area (TPSA) is 63.4 Å². The maximum absolute atomic E-state index is 11.6. The molecule has 4 nitrogen and oxygen atoms in total. The van der Waals surface area contributed by atoms with Crippen molar-refractivity contribution in [3.8, 4) is 0 Å². The van der Waals surface area contributed by atoms with Gasteiger partial charge in [0.05, 0.1) is 5.75 Å². The first-order chi connectivity index (χ1) is 6.51. The molecule has 0 unspecified atom stereocenters. The molecular formula is C9H20N2O2S. The molecule has 2 N–H and O–H groups in total. The molecule has 0 bridgehead atoms. The maximum Gasteiger partial charge on any atom is 0.213 e. The Hall–Kier alpha value is -0.130. The molecule has 0 aromatic rings. The summed E-state index contributed by atoms with van der Waals surface area (Å²) in [6.07, 6.45) is 0.927. The van der Waals surface area contributed by atoms with Crippen LogP contribution < -0.4 is 5.73 Å². The molecule has 1 aliphatic rings. The van der Waals surface area contributed by atoms with Gasteiger partial charge in [-0.3, -0.25) is 0 Å². The van der Waals surface area contributed by atoms with Crippen LogP contribution in [-0.4, -0.2) is 38.1 Å². The van der Waals surface area contributed by atoms with Gasteiger partial charge in [0.25, 0.3) is 0 Å². The zero-order valence-corrected chi connectivity index (χ0v) is 9.76. The van der Waals surface area contributed by atoms with Crippen LogP contribution in [0.3, 0.4) is 0 Å². The molecule has 14 heavy (non-hydrogen) atoms. The van der Waals surface area contributed by atoms with Gasteiger partial charge in [-0.2, -0.15) is 0 Å². The predicted molar refractivity (Wildman–Crippen MR) is 57.4 cm³/mol. The standard InChI is InChI=1S/C9H20N2O2S/c1-3-14(12,13)11-6-8(2)9(7-11)4-5-10/h8-9H,3-7,10H2,1-2H3/t8-,9-/m1/s1. The highest BCUT2D eigenvalue weighted by atomic mass is 32.2. The van der Waals surface area contributed by atoms with Crippen LogP contribution in [0.1, 0.15) is 20.3 Å². The molecular weight excluding hydrogens is 200 g/mol. The monoisotopic (exact) mass is 220 g/mol. The van der Waals surface area contributed by atoms with E-state index in [0.717, 1.165) is 6.42 Å². The minimum absolute atomic E-state index is 0.203. The first kappa shape index (κ1) is 11.9. The molecule has 0 aliphatic carbocycles. The van der Waals surface area contributed by atoms with Crippen LogP contribution in [0.15, 0.2) is 0 Å². The van der Waals surface area contributed by atoms with E-state index < -0.39 is 10.0 Å². The number of nitrogens with two attached hydrogens (primary N) is 1. The van der Waals surface area contributed by atoms with Gasteiger partial charge in [-0.15, -0.1) is 0 Å². The zero-order valence-electron chi connectivity index (χ0n) is 8.94. The maximum atomic E-state index is 11.6. The predicted octanol–water partition coefficient (Wildman–Crippen LogP) is 0.253. The second-order valence-electron chi connectivity index (χ2n) is 4.03. The summed E-state index contributed by atoms with van der Waals surface area (Å²) in [5.41, 5.74) is 5.49. The van der Waals surface area contributed by atoms with Gasteiger partial charge in [0.2, 0.25) is 10.0 Å². The summed E-state index contributed by atoms with van der Waals surface area (Å²) in [5, 5.41) is 0. The second-order valence-corrected chi connectivity index (χ2v) is 6.29. The summed E-state index contributed by atoms with van der Waals surface area (Å²) in [5.74, 6) is 1.09. The first-order valence-electron chi connectivity index (χ1n) is 5.19. The summed E-state index contributed by atoms with van der Waals surface area (Å²) in [6.45, 7) is 5.77. The van der Waals surface area contributed by atoms with E-state index in [0.29, 0.717) is 31.5 Å². The molecule has 1 rings (SSSR count). The average Bonchev–Trinajstić information content (AvgIpc) is 2.49. The van der Waals surface area contributed by atoms with Crippen LogP contribution >= 0.6 is 0 Å². The normalized spacial score (nSPS) is 29.6. The number of rotatable bonds is 4. The van der Waals surface area contributed by atoms with Gasteiger partial charge in [-0.05, 0) is 31.7 Å². The zero-order chi connectivity index (χ0) is 10.8. The van der Waals surface area contributed by atoms with Crippen molar-refractivity contribution in [3.63, 3.8) is 0 Å². The van der Waals surface area contributed by atoms with E-state index in [-0.39, 0.29) is 5.75 Å². The Morgan fingerprint density at radius 2 is 2.07 bits per heavy atom. The number of nitrogens with zero attached hydrogens (tertiary/aromatic N) is 1. The smallest absolute Gasteiger partial charge is 0.213 e. The molecule has 1 heterocycles. The van der Waals surface area contributed by atoms with E-state index in [1.165, 1.54) is 0 Å². The Bertz CT molecular complexity index is 277. The van der Waals surface area contributed by atoms with Crippen molar-refractivity contribution in [2.45, 2.75) is 20.3 Å². The molecule has 0 spiro atoms. The Kier molecular flexibility index (Phi) is 3.92. The van der Waals surface area contributed by atoms with Crippen LogP contribution in [0.5, 0.6) is 0 Å². The van der Waals surface area contributed by atoms with Gasteiger partial charge in [0, 0.05) is 13.1 Å². The molecule has 1 fully saturated rings. The lowest BCUT2D eigenvalue weighted by atomic mass is 9.95. The molecule has 0 saturated carbocycles. The minimum Gasteiger partial charge on any atom is -0.330 e. The molecule has 1 aliphatic heterocycles. The van der Waals surface area contributed by atoms with Crippen LogP contribution in [0, 0.1) is 11.8 Å². The highest BCUT2D eigenvalue weighted by molar-refractivity contribution is 7.89. The van der Waals surface area contributed by atoms with Gasteiger partial charge >= 0.3 is 0 Å². The van der Waals surface area contributed by atoms with E-state index in [4.69, 9.17) is 5.73 Å². The van der Waals surface area contributed by atoms with Crippen molar-refractivity contribution in [1.29, 1.82) is 0 Å². The third kappa shape index (κ3) is 2.46. The summed E-state index contributed by atoms with van der Waals surface area (Å²) >= 11 is 0. The quantitative estimate of drug-likeness (QED) is 0.739. The summed E-state index contributed by atoms with van der Waals surface area (Å²) in [6, 6.07) is 0. The molecule has 0 amide bonds. The van der Waals surface area contributed by atoms with Crippen LogP contribution in [-0.2, 0) is 10.0 Å². The Morgan fingerprint density at radius 3 is 2.57 bits per heavy atom. The van der Waals surface area contributed by atoms with Gasteiger partial charge in [0.15, 0.2) is 0 Å². The van der Waals surface area contributed by atoms with E-state index in [9.17, 15) is 8.42 Å². The molecule has 84 valence electrons. The Morgan fingerprint density at radius 1 is 1.43 bits per heavy atom. The van der Waals surface area contributed by atoms with Crippen molar-refractivity contribution in [1.82, 2.24) is 4.31 Å². The third-order valence-corrected chi connectivity index (χ3v) is 4.84. The Balaban J connectivity index is 2.63. The second kappa shape index (κ2) is 4.59. The van der Waals surface area contributed by atoms with Crippen LogP contribution in [0.25, 0.3) is 0 Å². The van der Waals surface area contributed by atoms with Crippen molar-refractivity contribution in [3.05, 3.63) is 0 Å². The van der Waals surface area contributed by atoms with Gasteiger partial charge < -0.3 is 5.73 Å². The first-order valence-corrected chi connectivity index (χ1v) is 6.80. The molecule has 2 atom stereocenters. The molecule has 0 aromatic heterocycles. The van der Waals surface area contributed by atoms with Crippen molar-refractivity contribution in [2.75, 3.05) is 25.4 Å². The number of sulfonamides is 1. The molecule has 1 saturated heterocycles. The van der Waals surface area contributed by atoms with E-state index in [2.05, 4.69) is 6.92 Å². The van der Waals surface area contributed by atoms with Crippen molar-refractivity contribution in [2.24, 2.45) is 17.6 Å². The van der Waals surface area contributed by atoms with Gasteiger partial charge in [-0.1, -0.05) is 6.92 Å². The summed E-state index contributed by atoms with van der Waals surface area (Å²) in [4.78, 5) is 0. The van der Waals surface area contributed by atoms with Crippen molar-refractivity contribution >= 4 is 10.0 Å². The SMILES string of the molecule is CCS(=O)(=O)N1C[C@@H](CCN)[C@H](C)C1. The largest absolute Gasteiger partial charge is 0.330 e. The van der Waals surface area contributed by atoms with E-state index in [1.54, 1.807) is 11.2 Å². The van der Waals surface area contributed by atoms with Gasteiger partial charge in [-0.25, -0.2) is 12.7 Å². The van der Waals surface area contributed by atoms with Crippen LogP contribution in [0.4, 0.5) is 0 Å². The lowest BCUT2D eigenvalue weighted by Crippen LogP contribution is -2.30. The fraction of sp³-hybridized carbons (Fsp3) is 1.00. The fourth-order valence-corrected chi connectivity index (χ4v) is 3.23. The third-order valence-electron chi connectivity index (χ3n) is 3.03. The summed E-state index contributed by atoms with van der Waals surface area (Å²) in [7, 11) is -2.99. The highest BCUT2D eigenvalue weighted by Crippen LogP contribution is 2.27. The number of hydrogen-bond acceptors (Lipinski definition) is 3. The Labute approximate surface area is 86.5 Å². The highest BCUT2D eigenvalue weighted by Gasteiger charge is 2.34. The molecule has 0 aromatic carbocycles.